The van der Waals surface area contributed by atoms with Crippen LogP contribution in [0.4, 0.5) is 5.69 Å². The Morgan fingerprint density at radius 3 is 2.38 bits per heavy atom. The lowest BCUT2D eigenvalue weighted by Gasteiger charge is -2.34. The first-order valence-electron chi connectivity index (χ1n) is 9.11. The standard InChI is InChI=1S/C21H25N3O2/c1-16-7-6-10-19(15-16)22-20(25)17(2)23-11-13-24(14-12-23)21(26)18-8-4-3-5-9-18/h3-10,15,17H,11-14H2,1-2H3,(H,22,25)/p+1/t17-/m0/s1. The number of carbonyl (C=O) groups excluding carboxylic acids is 2. The van der Waals surface area contributed by atoms with Crippen LogP contribution in [0.3, 0.4) is 0 Å². The van der Waals surface area contributed by atoms with Crippen LogP contribution in [0.2, 0.25) is 0 Å². The maximum absolute atomic E-state index is 12.5. The zero-order valence-corrected chi connectivity index (χ0v) is 15.4. The summed E-state index contributed by atoms with van der Waals surface area (Å²) in [7, 11) is 0. The highest BCUT2D eigenvalue weighted by Gasteiger charge is 2.31. The Bertz CT molecular complexity index is 768. The first kappa shape index (κ1) is 18.1. The second-order valence-electron chi connectivity index (χ2n) is 6.90. The average Bonchev–Trinajstić information content (AvgIpc) is 2.67. The molecule has 0 aromatic heterocycles. The van der Waals surface area contributed by atoms with Crippen LogP contribution in [0.25, 0.3) is 0 Å². The van der Waals surface area contributed by atoms with Crippen molar-refractivity contribution in [3.8, 4) is 0 Å². The van der Waals surface area contributed by atoms with Gasteiger partial charge >= 0.3 is 0 Å². The minimum Gasteiger partial charge on any atom is -0.327 e. The highest BCUT2D eigenvalue weighted by atomic mass is 16.2. The van der Waals surface area contributed by atoms with Crippen LogP contribution in [0.15, 0.2) is 54.6 Å². The van der Waals surface area contributed by atoms with Crippen molar-refractivity contribution in [3.05, 3.63) is 65.7 Å². The molecule has 1 aliphatic heterocycles. The molecule has 2 aromatic carbocycles. The quantitative estimate of drug-likeness (QED) is 0.873. The first-order chi connectivity index (χ1) is 12.5. The lowest BCUT2D eigenvalue weighted by Crippen LogP contribution is -3.19. The van der Waals surface area contributed by atoms with E-state index in [4.69, 9.17) is 0 Å². The summed E-state index contributed by atoms with van der Waals surface area (Å²) in [4.78, 5) is 28.2. The smallest absolute Gasteiger partial charge is 0.282 e. The molecule has 1 fully saturated rings. The summed E-state index contributed by atoms with van der Waals surface area (Å²) in [5, 5.41) is 3.00. The van der Waals surface area contributed by atoms with Crippen LogP contribution in [0.5, 0.6) is 0 Å². The summed E-state index contributed by atoms with van der Waals surface area (Å²) in [6.45, 7) is 6.86. The topological polar surface area (TPSA) is 53.9 Å². The number of hydrogen-bond acceptors (Lipinski definition) is 2. The van der Waals surface area contributed by atoms with E-state index in [1.165, 1.54) is 4.90 Å². The normalized spacial score (nSPS) is 16.2. The summed E-state index contributed by atoms with van der Waals surface area (Å²) in [6.07, 6.45) is 0. The summed E-state index contributed by atoms with van der Waals surface area (Å²) >= 11 is 0. The van der Waals surface area contributed by atoms with Crippen LogP contribution in [-0.4, -0.2) is 48.9 Å². The predicted octanol–water partition coefficient (Wildman–Crippen LogP) is 1.36. The van der Waals surface area contributed by atoms with Crippen LogP contribution >= 0.6 is 0 Å². The molecule has 26 heavy (non-hydrogen) atoms. The molecule has 3 rings (SSSR count). The fraction of sp³-hybridized carbons (Fsp3) is 0.333. The number of hydrogen-bond donors (Lipinski definition) is 2. The van der Waals surface area contributed by atoms with E-state index in [1.54, 1.807) is 0 Å². The second-order valence-corrected chi connectivity index (χ2v) is 6.90. The summed E-state index contributed by atoms with van der Waals surface area (Å²) in [6, 6.07) is 17.0. The van der Waals surface area contributed by atoms with Gasteiger partial charge in [-0.25, -0.2) is 0 Å². The fourth-order valence-electron chi connectivity index (χ4n) is 3.35. The van der Waals surface area contributed by atoms with Crippen LogP contribution in [-0.2, 0) is 4.79 Å². The van der Waals surface area contributed by atoms with E-state index in [0.717, 1.165) is 29.9 Å². The molecule has 0 unspecified atom stereocenters. The molecule has 0 radical (unpaired) electrons. The Kier molecular flexibility index (Phi) is 5.68. The molecule has 0 aliphatic carbocycles. The van der Waals surface area contributed by atoms with Gasteiger partial charge in [-0.1, -0.05) is 30.3 Å². The van der Waals surface area contributed by atoms with Gasteiger partial charge in [0.2, 0.25) is 0 Å². The highest BCUT2D eigenvalue weighted by molar-refractivity contribution is 5.94. The van der Waals surface area contributed by atoms with E-state index in [9.17, 15) is 9.59 Å². The van der Waals surface area contributed by atoms with E-state index in [-0.39, 0.29) is 17.9 Å². The van der Waals surface area contributed by atoms with Gasteiger partial charge in [-0.15, -0.1) is 0 Å². The Labute approximate surface area is 154 Å². The van der Waals surface area contributed by atoms with Crippen LogP contribution in [0.1, 0.15) is 22.8 Å². The van der Waals surface area contributed by atoms with Crippen molar-refractivity contribution in [2.75, 3.05) is 31.5 Å². The maximum atomic E-state index is 12.5. The molecule has 136 valence electrons. The monoisotopic (exact) mass is 352 g/mol. The number of anilines is 1. The van der Waals surface area contributed by atoms with Gasteiger partial charge in [0.25, 0.3) is 11.8 Å². The van der Waals surface area contributed by atoms with Crippen molar-refractivity contribution in [2.45, 2.75) is 19.9 Å². The number of aryl methyl sites for hydroxylation is 1. The largest absolute Gasteiger partial charge is 0.327 e. The fourth-order valence-corrected chi connectivity index (χ4v) is 3.35. The lowest BCUT2D eigenvalue weighted by atomic mass is 10.1. The average molecular weight is 352 g/mol. The number of piperazine rings is 1. The number of carbonyl (C=O) groups is 2. The Hall–Kier alpha value is -2.66. The number of rotatable bonds is 4. The molecule has 1 saturated heterocycles. The Balaban J connectivity index is 1.54. The molecule has 2 aromatic rings. The van der Waals surface area contributed by atoms with Gasteiger partial charge in [0.15, 0.2) is 6.04 Å². The Morgan fingerprint density at radius 2 is 1.73 bits per heavy atom. The summed E-state index contributed by atoms with van der Waals surface area (Å²) in [5.41, 5.74) is 2.68. The number of nitrogens with zero attached hydrogens (tertiary/aromatic N) is 1. The van der Waals surface area contributed by atoms with E-state index < -0.39 is 0 Å². The maximum Gasteiger partial charge on any atom is 0.282 e. The highest BCUT2D eigenvalue weighted by Crippen LogP contribution is 2.10. The number of amides is 2. The third-order valence-corrected chi connectivity index (χ3v) is 5.00. The van der Waals surface area contributed by atoms with Gasteiger partial charge < -0.3 is 15.1 Å². The molecule has 0 saturated carbocycles. The van der Waals surface area contributed by atoms with Crippen LogP contribution in [0, 0.1) is 6.92 Å². The number of nitrogens with one attached hydrogen (secondary N) is 2. The van der Waals surface area contributed by atoms with Gasteiger partial charge in [-0.3, -0.25) is 9.59 Å². The third-order valence-electron chi connectivity index (χ3n) is 5.00. The number of quaternary nitrogens is 1. The van der Waals surface area contributed by atoms with Crippen molar-refractivity contribution in [1.82, 2.24) is 4.90 Å². The molecule has 1 atom stereocenters. The van der Waals surface area contributed by atoms with Crippen molar-refractivity contribution < 1.29 is 14.5 Å². The van der Waals surface area contributed by atoms with Crippen molar-refractivity contribution in [2.24, 2.45) is 0 Å². The first-order valence-corrected chi connectivity index (χ1v) is 9.11. The van der Waals surface area contributed by atoms with Crippen molar-refractivity contribution >= 4 is 17.5 Å². The van der Waals surface area contributed by atoms with E-state index in [1.807, 2.05) is 73.3 Å². The Morgan fingerprint density at radius 1 is 1.04 bits per heavy atom. The predicted molar refractivity (Wildman–Crippen MR) is 102 cm³/mol. The second kappa shape index (κ2) is 8.15. The molecule has 0 spiro atoms. The molecule has 2 amide bonds. The molecule has 1 heterocycles. The molecule has 1 aliphatic rings. The molecule has 5 nitrogen and oxygen atoms in total. The SMILES string of the molecule is Cc1cccc(NC(=O)[C@H](C)[NH+]2CCN(C(=O)c3ccccc3)CC2)c1. The van der Waals surface area contributed by atoms with Gasteiger partial charge in [-0.05, 0) is 43.7 Å². The summed E-state index contributed by atoms with van der Waals surface area (Å²) in [5.74, 6) is 0.0925. The minimum atomic E-state index is -0.149. The van der Waals surface area contributed by atoms with Crippen molar-refractivity contribution in [1.29, 1.82) is 0 Å². The lowest BCUT2D eigenvalue weighted by molar-refractivity contribution is -0.917. The molecule has 0 bridgehead atoms. The van der Waals surface area contributed by atoms with E-state index >= 15 is 0 Å². The van der Waals surface area contributed by atoms with E-state index in [2.05, 4.69) is 5.32 Å². The molecule has 2 N–H and O–H groups in total. The van der Waals surface area contributed by atoms with Gasteiger partial charge in [0.1, 0.15) is 0 Å². The van der Waals surface area contributed by atoms with Gasteiger partial charge in [0, 0.05) is 11.3 Å². The zero-order valence-electron chi connectivity index (χ0n) is 15.4. The molecular formula is C21H26N3O2+. The zero-order chi connectivity index (χ0) is 18.5. The van der Waals surface area contributed by atoms with Gasteiger partial charge in [-0.2, -0.15) is 0 Å². The minimum absolute atomic E-state index is 0.0217. The summed E-state index contributed by atoms with van der Waals surface area (Å²) < 4.78 is 0. The molecular weight excluding hydrogens is 326 g/mol. The van der Waals surface area contributed by atoms with Crippen molar-refractivity contribution in [3.63, 3.8) is 0 Å². The number of benzene rings is 2. The van der Waals surface area contributed by atoms with Gasteiger partial charge in [0.05, 0.1) is 26.2 Å². The van der Waals surface area contributed by atoms with E-state index in [0.29, 0.717) is 13.1 Å². The third kappa shape index (κ3) is 4.29. The molecule has 5 heteroatoms. The van der Waals surface area contributed by atoms with Crippen LogP contribution < -0.4 is 10.2 Å².